The van der Waals surface area contributed by atoms with Crippen LogP contribution in [0.1, 0.15) is 49.5 Å². The molecule has 8 nitrogen and oxygen atoms in total. The van der Waals surface area contributed by atoms with Gasteiger partial charge in [-0.05, 0) is 25.3 Å². The third-order valence-corrected chi connectivity index (χ3v) is 7.82. The maximum absolute atomic E-state index is 14.6. The van der Waals surface area contributed by atoms with E-state index in [1.54, 1.807) is 18.4 Å². The van der Waals surface area contributed by atoms with Crippen LogP contribution in [0.5, 0.6) is 0 Å². The minimum Gasteiger partial charge on any atom is -0.356 e. The van der Waals surface area contributed by atoms with E-state index >= 15 is 0 Å². The molecule has 2 saturated heterocycles. The molecule has 2 aromatic rings. The summed E-state index contributed by atoms with van der Waals surface area (Å²) < 4.78 is 29.9. The monoisotopic (exact) mass is 511 g/mol. The second-order valence-electron chi connectivity index (χ2n) is 8.76. The molecular weight excluding hydrogens is 488 g/mol. The molecule has 2 fully saturated rings. The van der Waals surface area contributed by atoms with Crippen molar-refractivity contribution in [2.75, 3.05) is 6.54 Å². The fraction of sp³-hybridized carbons (Fsp3) is 0.545. The molecule has 0 spiro atoms. The van der Waals surface area contributed by atoms with E-state index in [-0.39, 0.29) is 24.4 Å². The van der Waals surface area contributed by atoms with Gasteiger partial charge in [0.25, 0.3) is 11.8 Å². The number of carbonyl (C=O) groups is 3. The summed E-state index contributed by atoms with van der Waals surface area (Å²) in [6.07, 6.45) is -0.570. The summed E-state index contributed by atoms with van der Waals surface area (Å²) in [6, 6.07) is 0.161. The van der Waals surface area contributed by atoms with Crippen molar-refractivity contribution in [3.8, 4) is 6.07 Å². The lowest BCUT2D eigenvalue weighted by atomic mass is 9.89. The van der Waals surface area contributed by atoms with Crippen LogP contribution in [-0.4, -0.2) is 58.2 Å². The number of halogens is 3. The van der Waals surface area contributed by atoms with Gasteiger partial charge >= 0.3 is 0 Å². The Morgan fingerprint density at radius 3 is 2.82 bits per heavy atom. The van der Waals surface area contributed by atoms with Crippen molar-refractivity contribution in [1.29, 1.82) is 5.26 Å². The normalized spacial score (nSPS) is 25.1. The van der Waals surface area contributed by atoms with Gasteiger partial charge in [0.2, 0.25) is 11.8 Å². The number of rotatable bonds is 6. The number of likely N-dealkylation sites (tertiary alicyclic amines) is 1. The Labute approximate surface area is 203 Å². The van der Waals surface area contributed by atoms with Gasteiger partial charge in [-0.3, -0.25) is 14.4 Å². The number of piperidine rings is 1. The molecule has 2 aliphatic heterocycles. The first kappa shape index (κ1) is 24.4. The number of nitrogens with zero attached hydrogens (tertiary/aromatic N) is 2. The lowest BCUT2D eigenvalue weighted by Gasteiger charge is -2.44. The van der Waals surface area contributed by atoms with Crippen LogP contribution in [0.25, 0.3) is 10.2 Å². The summed E-state index contributed by atoms with van der Waals surface area (Å²) in [4.78, 5) is 42.6. The van der Waals surface area contributed by atoms with Crippen molar-refractivity contribution in [2.45, 2.75) is 63.1 Å². The Kier molecular flexibility index (Phi) is 6.82. The highest BCUT2D eigenvalue weighted by Crippen LogP contribution is 2.38. The molecule has 34 heavy (non-hydrogen) atoms. The van der Waals surface area contributed by atoms with Crippen LogP contribution in [0.3, 0.4) is 0 Å². The zero-order chi connectivity index (χ0) is 24.6. The van der Waals surface area contributed by atoms with Gasteiger partial charge in [0.05, 0.1) is 21.3 Å². The highest BCUT2D eigenvalue weighted by molar-refractivity contribution is 7.17. The molecule has 2 aromatic heterocycles. The van der Waals surface area contributed by atoms with E-state index in [0.29, 0.717) is 23.5 Å². The molecule has 0 bridgehead atoms. The summed E-state index contributed by atoms with van der Waals surface area (Å²) in [7, 11) is 0. The van der Waals surface area contributed by atoms with E-state index in [2.05, 4.69) is 15.6 Å². The predicted octanol–water partition coefficient (Wildman–Crippen LogP) is 3.44. The first-order valence-electron chi connectivity index (χ1n) is 11.1. The molecule has 4 rings (SSSR count). The highest BCUT2D eigenvalue weighted by Gasteiger charge is 2.50. The molecule has 12 heteroatoms. The first-order chi connectivity index (χ1) is 16.1. The molecular formula is C22H24ClF2N5O3S. The number of alkyl halides is 2. The van der Waals surface area contributed by atoms with Gasteiger partial charge in [-0.2, -0.15) is 5.26 Å². The molecule has 0 aromatic carbocycles. The zero-order valence-electron chi connectivity index (χ0n) is 18.4. The summed E-state index contributed by atoms with van der Waals surface area (Å²) in [6.45, 7) is 2.17. The van der Waals surface area contributed by atoms with E-state index in [4.69, 9.17) is 11.6 Å². The van der Waals surface area contributed by atoms with Crippen LogP contribution in [0, 0.1) is 17.2 Å². The van der Waals surface area contributed by atoms with Crippen molar-refractivity contribution < 1.29 is 23.2 Å². The van der Waals surface area contributed by atoms with Gasteiger partial charge in [0, 0.05) is 36.7 Å². The lowest BCUT2D eigenvalue weighted by Crippen LogP contribution is -2.61. The van der Waals surface area contributed by atoms with Crippen molar-refractivity contribution >= 4 is 50.9 Å². The lowest BCUT2D eigenvalue weighted by molar-refractivity contribution is -0.140. The molecule has 0 aliphatic carbocycles. The molecule has 2 aliphatic rings. The number of hydrogen-bond acceptors (Lipinski definition) is 5. The van der Waals surface area contributed by atoms with E-state index in [9.17, 15) is 28.4 Å². The minimum atomic E-state index is -3.15. The van der Waals surface area contributed by atoms with E-state index in [1.807, 2.05) is 6.07 Å². The summed E-state index contributed by atoms with van der Waals surface area (Å²) in [5, 5.41) is 16.8. The Morgan fingerprint density at radius 2 is 2.21 bits per heavy atom. The average Bonchev–Trinajstić information content (AvgIpc) is 3.49. The molecule has 4 atom stereocenters. The molecule has 0 radical (unpaired) electrons. The fourth-order valence-electron chi connectivity index (χ4n) is 4.73. The Balaban J connectivity index is 1.59. The van der Waals surface area contributed by atoms with E-state index < -0.39 is 54.6 Å². The van der Waals surface area contributed by atoms with Crippen molar-refractivity contribution in [1.82, 2.24) is 20.5 Å². The average molecular weight is 512 g/mol. The number of nitriles is 1. The summed E-state index contributed by atoms with van der Waals surface area (Å²) >= 11 is 7.47. The second-order valence-corrected chi connectivity index (χ2v) is 10.1. The van der Waals surface area contributed by atoms with Gasteiger partial charge < -0.3 is 20.5 Å². The van der Waals surface area contributed by atoms with Gasteiger partial charge in [-0.25, -0.2) is 8.78 Å². The number of carbonyl (C=O) groups excluding carboxylic acids is 3. The fourth-order valence-corrected chi connectivity index (χ4v) is 5.88. The number of thiophene rings is 1. The number of hydrogen-bond donors (Lipinski definition) is 3. The summed E-state index contributed by atoms with van der Waals surface area (Å²) in [5.41, 5.74) is 0.732. The van der Waals surface area contributed by atoms with Gasteiger partial charge in [0.15, 0.2) is 0 Å². The van der Waals surface area contributed by atoms with E-state index in [1.165, 1.54) is 16.2 Å². The standard InChI is InChI=1S/C22H24ClF2N5O3S/c1-2-13-7-22(24,25)8-16(20(32)28-12(9-26)5-11-3-4-27-19(11)31)30(13)21(33)15-6-17-18(29-15)14(23)10-34-17/h6,10-13,16,29H,2-5,7-8H2,1H3,(H,27,31)(H,28,32)/t11-,12-,13-,16-/m0/s1. The van der Waals surface area contributed by atoms with Crippen LogP contribution in [0.15, 0.2) is 11.4 Å². The van der Waals surface area contributed by atoms with Crippen LogP contribution in [-0.2, 0) is 9.59 Å². The number of H-pyrrole nitrogens is 1. The number of aromatic nitrogens is 1. The Morgan fingerprint density at radius 1 is 1.44 bits per heavy atom. The first-order valence-corrected chi connectivity index (χ1v) is 12.3. The van der Waals surface area contributed by atoms with Crippen molar-refractivity contribution in [2.24, 2.45) is 5.92 Å². The molecule has 4 heterocycles. The van der Waals surface area contributed by atoms with Crippen LogP contribution in [0.2, 0.25) is 5.02 Å². The smallest absolute Gasteiger partial charge is 0.271 e. The molecule has 0 saturated carbocycles. The molecule has 182 valence electrons. The minimum absolute atomic E-state index is 0.0771. The van der Waals surface area contributed by atoms with Crippen LogP contribution >= 0.6 is 22.9 Å². The topological polar surface area (TPSA) is 118 Å². The van der Waals surface area contributed by atoms with E-state index in [0.717, 1.165) is 4.70 Å². The maximum Gasteiger partial charge on any atom is 0.271 e. The number of aromatic amines is 1. The highest BCUT2D eigenvalue weighted by atomic mass is 35.5. The van der Waals surface area contributed by atoms with Crippen molar-refractivity contribution in [3.63, 3.8) is 0 Å². The largest absolute Gasteiger partial charge is 0.356 e. The number of fused-ring (bicyclic) bond motifs is 1. The Bertz CT molecular complexity index is 1160. The SMILES string of the molecule is CC[C@H]1CC(F)(F)C[C@@H](C(=O)N[C@H](C#N)C[C@@H]2CCNC2=O)N1C(=O)c1cc2scc(Cl)c2[nH]1. The molecule has 0 unspecified atom stereocenters. The third kappa shape index (κ3) is 4.74. The number of nitrogens with one attached hydrogen (secondary N) is 3. The summed E-state index contributed by atoms with van der Waals surface area (Å²) in [5.74, 6) is -5.19. The maximum atomic E-state index is 14.6. The van der Waals surface area contributed by atoms with Crippen molar-refractivity contribution in [3.05, 3.63) is 22.2 Å². The molecule has 3 amide bonds. The zero-order valence-corrected chi connectivity index (χ0v) is 19.9. The molecule has 3 N–H and O–H groups in total. The van der Waals surface area contributed by atoms with Gasteiger partial charge in [0.1, 0.15) is 17.8 Å². The van der Waals surface area contributed by atoms with Gasteiger partial charge in [-0.15, -0.1) is 11.3 Å². The third-order valence-electron chi connectivity index (χ3n) is 6.46. The number of amides is 3. The predicted molar refractivity (Wildman–Crippen MR) is 123 cm³/mol. The second kappa shape index (κ2) is 9.50. The van der Waals surface area contributed by atoms with Crippen LogP contribution in [0.4, 0.5) is 8.78 Å². The quantitative estimate of drug-likeness (QED) is 0.550. The Hall–Kier alpha value is -2.71. The van der Waals surface area contributed by atoms with Crippen LogP contribution < -0.4 is 10.6 Å². The van der Waals surface area contributed by atoms with Gasteiger partial charge in [-0.1, -0.05) is 18.5 Å².